The quantitative estimate of drug-likeness (QED) is 0.221. The van der Waals surface area contributed by atoms with Crippen molar-refractivity contribution in [1.29, 1.82) is 0 Å². The van der Waals surface area contributed by atoms with E-state index in [0.29, 0.717) is 0 Å². The molecule has 0 bridgehead atoms. The largest absolute Gasteiger partial charge is 0.477 e. The summed E-state index contributed by atoms with van der Waals surface area (Å²) >= 11 is 0. The summed E-state index contributed by atoms with van der Waals surface area (Å²) in [5.41, 5.74) is 3.10. The Morgan fingerprint density at radius 3 is 2.30 bits per heavy atom. The third-order valence-electron chi connectivity index (χ3n) is 4.47. The van der Waals surface area contributed by atoms with Gasteiger partial charge in [-0.25, -0.2) is 9.78 Å². The predicted octanol–water partition coefficient (Wildman–Crippen LogP) is 5.63. The Kier molecular flexibility index (Phi) is 7.02. The number of rotatable bonds is 2. The van der Waals surface area contributed by atoms with Gasteiger partial charge in [-0.3, -0.25) is 4.98 Å². The number of nitrogens with zero attached hydrogens (tertiary/aromatic N) is 2. The molecule has 0 aliphatic carbocycles. The van der Waals surface area contributed by atoms with Gasteiger partial charge in [-0.05, 0) is 34.7 Å². The van der Waals surface area contributed by atoms with Crippen molar-refractivity contribution in [2.24, 2.45) is 0 Å². The average molecular weight is 570 g/mol. The summed E-state index contributed by atoms with van der Waals surface area (Å²) < 4.78 is 0. The molecule has 1 radical (unpaired) electrons. The van der Waals surface area contributed by atoms with Crippen LogP contribution in [-0.4, -0.2) is 21.0 Å². The molecule has 5 aromatic rings. The first kappa shape index (κ1) is 21.3. The van der Waals surface area contributed by atoms with Gasteiger partial charge in [0.1, 0.15) is 5.69 Å². The summed E-state index contributed by atoms with van der Waals surface area (Å²) in [5.74, 6) is -0.990. The summed E-state index contributed by atoms with van der Waals surface area (Å²) in [4.78, 5) is 18.5. The molecule has 30 heavy (non-hydrogen) atoms. The fraction of sp³-hybridized carbons (Fsp3) is 0. The Morgan fingerprint density at radius 1 is 0.800 bits per heavy atom. The van der Waals surface area contributed by atoms with Crippen LogP contribution in [0.1, 0.15) is 10.5 Å². The second kappa shape index (κ2) is 9.88. The number of fused-ring (bicyclic) bond motifs is 3. The zero-order valence-corrected chi connectivity index (χ0v) is 18.2. The number of hydrogen-bond donors (Lipinski definition) is 1. The van der Waals surface area contributed by atoms with E-state index in [0.717, 1.165) is 16.8 Å². The summed E-state index contributed by atoms with van der Waals surface area (Å²) in [5, 5.41) is 12.0. The van der Waals surface area contributed by atoms with Crippen LogP contribution >= 0.6 is 0 Å². The molecule has 1 N–H and O–H groups in total. The molecule has 0 spiro atoms. The van der Waals surface area contributed by atoms with Gasteiger partial charge >= 0.3 is 5.97 Å². The maximum Gasteiger partial charge on any atom is 0.354 e. The minimum Gasteiger partial charge on any atom is -0.477 e. The molecule has 0 atom stereocenters. The van der Waals surface area contributed by atoms with Gasteiger partial charge in [-0.1, -0.05) is 48.5 Å². The predicted molar refractivity (Wildman–Crippen MR) is 115 cm³/mol. The molecule has 4 nitrogen and oxygen atoms in total. The topological polar surface area (TPSA) is 63.1 Å². The van der Waals surface area contributed by atoms with Gasteiger partial charge in [0.05, 0.1) is 5.52 Å². The Labute approximate surface area is 187 Å². The maximum atomic E-state index is 10.1. The molecule has 0 unspecified atom stereocenters. The number of pyridine rings is 2. The average Bonchev–Trinajstić information content (AvgIpc) is 2.80. The summed E-state index contributed by atoms with van der Waals surface area (Å²) in [6, 6.07) is 32.8. The van der Waals surface area contributed by atoms with Gasteiger partial charge < -0.3 is 5.11 Å². The molecule has 2 aromatic heterocycles. The van der Waals surface area contributed by atoms with E-state index in [2.05, 4.69) is 59.6 Å². The molecule has 0 amide bonds. The molecule has 5 rings (SSSR count). The van der Waals surface area contributed by atoms with Gasteiger partial charge in [0, 0.05) is 31.7 Å². The molecule has 3 aromatic carbocycles. The van der Waals surface area contributed by atoms with Gasteiger partial charge in [-0.2, -0.15) is 0 Å². The maximum absolute atomic E-state index is 10.1. The Bertz CT molecular complexity index is 1280. The normalized spacial score (nSPS) is 10.0. The van der Waals surface area contributed by atoms with E-state index in [9.17, 15) is 4.79 Å². The Balaban J connectivity index is 0.000000218. The van der Waals surface area contributed by atoms with E-state index < -0.39 is 5.97 Å². The first-order valence-electron chi connectivity index (χ1n) is 9.12. The second-order valence-electron chi connectivity index (χ2n) is 6.35. The number of aromatic carboxylic acids is 1. The van der Waals surface area contributed by atoms with Crippen LogP contribution in [0.15, 0.2) is 97.2 Å². The number of carbonyl (C=O) groups is 1. The number of hydrogen-bond acceptors (Lipinski definition) is 3. The third kappa shape index (κ3) is 4.77. The zero-order valence-electron chi connectivity index (χ0n) is 15.8. The van der Waals surface area contributed by atoms with Gasteiger partial charge in [0.25, 0.3) is 0 Å². The van der Waals surface area contributed by atoms with Gasteiger partial charge in [0.15, 0.2) is 0 Å². The molecule has 0 aliphatic heterocycles. The Morgan fingerprint density at radius 2 is 1.60 bits per heavy atom. The van der Waals surface area contributed by atoms with Crippen LogP contribution in [0.4, 0.5) is 0 Å². The minimum absolute atomic E-state index is 0. The first-order valence-corrected chi connectivity index (χ1v) is 9.12. The van der Waals surface area contributed by atoms with Crippen molar-refractivity contribution in [3.8, 4) is 11.3 Å². The summed E-state index contributed by atoms with van der Waals surface area (Å²) in [7, 11) is 0. The number of carboxylic acids is 1. The van der Waals surface area contributed by atoms with E-state index in [1.807, 2.05) is 24.3 Å². The molecule has 5 heteroatoms. The number of aromatic nitrogens is 2. The van der Waals surface area contributed by atoms with E-state index in [1.54, 1.807) is 12.1 Å². The second-order valence-corrected chi connectivity index (χ2v) is 6.35. The van der Waals surface area contributed by atoms with Gasteiger partial charge in [0.2, 0.25) is 0 Å². The SMILES string of the molecule is O=C(O)c1ccccn1.[Ir].[c-]1ccccc1-c1ccc2c(ccc3ccccc32)n1. The first-order chi connectivity index (χ1) is 14.2. The summed E-state index contributed by atoms with van der Waals surface area (Å²) in [6.45, 7) is 0. The monoisotopic (exact) mass is 570 g/mol. The van der Waals surface area contributed by atoms with E-state index >= 15 is 0 Å². The van der Waals surface area contributed by atoms with Crippen molar-refractivity contribution in [3.63, 3.8) is 0 Å². The summed E-state index contributed by atoms with van der Waals surface area (Å²) in [6.07, 6.45) is 1.45. The molecular formula is C25H17IrN2O2-. The van der Waals surface area contributed by atoms with Crippen molar-refractivity contribution in [1.82, 2.24) is 9.97 Å². The molecule has 0 aliphatic rings. The van der Waals surface area contributed by atoms with Crippen molar-refractivity contribution < 1.29 is 30.0 Å². The molecule has 149 valence electrons. The standard InChI is InChI=1S/C19H12N.C6H5NO2.Ir/c1-2-7-15(8-3-1)18-13-11-17-16-9-5-4-6-14(16)10-12-19(17)20-18;8-6(9)5-3-1-2-4-7-5;/h1-7,9-13H;1-4H,(H,8,9);/q-1;;. The fourth-order valence-corrected chi connectivity index (χ4v) is 3.08. The van der Waals surface area contributed by atoms with Crippen LogP contribution in [0.3, 0.4) is 0 Å². The van der Waals surface area contributed by atoms with Crippen LogP contribution in [-0.2, 0) is 20.1 Å². The van der Waals surface area contributed by atoms with Crippen molar-refractivity contribution in [3.05, 3.63) is 109 Å². The van der Waals surface area contributed by atoms with Crippen molar-refractivity contribution in [2.75, 3.05) is 0 Å². The zero-order chi connectivity index (χ0) is 20.1. The molecule has 0 saturated heterocycles. The van der Waals surface area contributed by atoms with E-state index in [-0.39, 0.29) is 25.8 Å². The smallest absolute Gasteiger partial charge is 0.354 e. The molecule has 0 saturated carbocycles. The van der Waals surface area contributed by atoms with Gasteiger partial charge in [-0.15, -0.1) is 35.9 Å². The van der Waals surface area contributed by atoms with E-state index in [1.165, 1.54) is 28.4 Å². The molecule has 2 heterocycles. The fourth-order valence-electron chi connectivity index (χ4n) is 3.08. The van der Waals surface area contributed by atoms with Crippen LogP contribution in [0.25, 0.3) is 32.9 Å². The van der Waals surface area contributed by atoms with Crippen LogP contribution in [0.5, 0.6) is 0 Å². The number of carboxylic acid groups (broad SMARTS) is 1. The van der Waals surface area contributed by atoms with Crippen LogP contribution in [0, 0.1) is 6.07 Å². The van der Waals surface area contributed by atoms with Crippen molar-refractivity contribution in [2.45, 2.75) is 0 Å². The van der Waals surface area contributed by atoms with E-state index in [4.69, 9.17) is 10.1 Å². The van der Waals surface area contributed by atoms with Crippen LogP contribution in [0.2, 0.25) is 0 Å². The van der Waals surface area contributed by atoms with Crippen LogP contribution < -0.4 is 0 Å². The number of benzene rings is 3. The Hall–Kier alpha value is -3.40. The molecular weight excluding hydrogens is 553 g/mol. The minimum atomic E-state index is -0.990. The third-order valence-corrected chi connectivity index (χ3v) is 4.47. The van der Waals surface area contributed by atoms with Crippen molar-refractivity contribution >= 4 is 27.6 Å². The molecule has 0 fully saturated rings.